The quantitative estimate of drug-likeness (QED) is 0.813. The van der Waals surface area contributed by atoms with Crippen LogP contribution in [-0.4, -0.2) is 51.2 Å². The normalized spacial score (nSPS) is 16.2. The molecule has 0 saturated carbocycles. The first-order chi connectivity index (χ1) is 14.9. The molecule has 1 aromatic carbocycles. The molecule has 0 aliphatic carbocycles. The summed E-state index contributed by atoms with van der Waals surface area (Å²) in [5.74, 6) is -0.155. The van der Waals surface area contributed by atoms with E-state index in [2.05, 4.69) is 10.4 Å². The van der Waals surface area contributed by atoms with Crippen LogP contribution in [0.1, 0.15) is 48.2 Å². The van der Waals surface area contributed by atoms with Crippen LogP contribution < -0.4 is 5.32 Å². The van der Waals surface area contributed by atoms with Crippen molar-refractivity contribution in [1.82, 2.24) is 19.6 Å². The van der Waals surface area contributed by atoms with E-state index >= 15 is 0 Å². The van der Waals surface area contributed by atoms with Crippen molar-refractivity contribution in [2.24, 2.45) is 7.05 Å². The van der Waals surface area contributed by atoms with Crippen molar-refractivity contribution in [3.8, 4) is 0 Å². The highest BCUT2D eigenvalue weighted by Crippen LogP contribution is 2.24. The molecule has 0 radical (unpaired) electrons. The number of likely N-dealkylation sites (tertiary alicyclic amines) is 1. The molecule has 2 aliphatic rings. The summed E-state index contributed by atoms with van der Waals surface area (Å²) < 4.78 is 15.7. The molecule has 1 fully saturated rings. The number of aromatic nitrogens is 2. The average molecular weight is 428 g/mol. The van der Waals surface area contributed by atoms with Gasteiger partial charge < -0.3 is 15.1 Å². The van der Waals surface area contributed by atoms with E-state index in [9.17, 15) is 14.0 Å². The standard InChI is InChI=1S/C23H30FN5O2/c1-16-6-7-17(14-19(16)24)25-23(31)29-13-10-21-18(15-29)20(26-27(21)2)8-9-22(30)28-11-4-3-5-12-28/h6-7,14H,3-5,8-13,15H2,1-2H3,(H,25,31). The maximum Gasteiger partial charge on any atom is 0.322 e. The van der Waals surface area contributed by atoms with Crippen LogP contribution in [0.3, 0.4) is 0 Å². The summed E-state index contributed by atoms with van der Waals surface area (Å²) in [6.45, 7) is 4.40. The highest BCUT2D eigenvalue weighted by molar-refractivity contribution is 5.89. The van der Waals surface area contributed by atoms with Gasteiger partial charge in [-0.2, -0.15) is 5.10 Å². The first kappa shape index (κ1) is 21.3. The molecule has 3 heterocycles. The van der Waals surface area contributed by atoms with Crippen LogP contribution in [0.25, 0.3) is 0 Å². The molecule has 1 N–H and O–H groups in total. The van der Waals surface area contributed by atoms with E-state index in [-0.39, 0.29) is 17.8 Å². The Hall–Kier alpha value is -2.90. The molecule has 1 saturated heterocycles. The number of benzene rings is 1. The van der Waals surface area contributed by atoms with Crippen LogP contribution >= 0.6 is 0 Å². The lowest BCUT2D eigenvalue weighted by molar-refractivity contribution is -0.132. The Kier molecular flexibility index (Phi) is 6.25. The van der Waals surface area contributed by atoms with Crippen molar-refractivity contribution in [2.75, 3.05) is 25.0 Å². The lowest BCUT2D eigenvalue weighted by atomic mass is 10.0. The summed E-state index contributed by atoms with van der Waals surface area (Å²) in [5.41, 5.74) is 4.02. The van der Waals surface area contributed by atoms with Gasteiger partial charge in [-0.15, -0.1) is 0 Å². The number of aryl methyl sites for hydroxylation is 3. The monoisotopic (exact) mass is 427 g/mol. The number of carbonyl (C=O) groups is 2. The van der Waals surface area contributed by atoms with E-state index in [1.54, 1.807) is 24.0 Å². The molecule has 2 aliphatic heterocycles. The second-order valence-corrected chi connectivity index (χ2v) is 8.50. The molecule has 0 atom stereocenters. The van der Waals surface area contributed by atoms with Crippen LogP contribution in [-0.2, 0) is 31.2 Å². The molecule has 0 unspecified atom stereocenters. The van der Waals surface area contributed by atoms with Gasteiger partial charge in [-0.05, 0) is 43.9 Å². The number of amides is 3. The van der Waals surface area contributed by atoms with E-state index in [1.807, 2.05) is 16.6 Å². The van der Waals surface area contributed by atoms with Crippen molar-refractivity contribution in [3.63, 3.8) is 0 Å². The van der Waals surface area contributed by atoms with Crippen LogP contribution in [0.15, 0.2) is 18.2 Å². The Labute approximate surface area is 182 Å². The van der Waals surface area contributed by atoms with Crippen molar-refractivity contribution in [2.45, 2.75) is 52.0 Å². The number of urea groups is 1. The largest absolute Gasteiger partial charge is 0.343 e. The summed E-state index contributed by atoms with van der Waals surface area (Å²) in [7, 11) is 1.92. The van der Waals surface area contributed by atoms with E-state index < -0.39 is 0 Å². The third-order valence-corrected chi connectivity index (χ3v) is 6.32. The number of anilines is 1. The molecule has 31 heavy (non-hydrogen) atoms. The Balaban J connectivity index is 1.41. The highest BCUT2D eigenvalue weighted by Gasteiger charge is 2.27. The van der Waals surface area contributed by atoms with Crippen LogP contribution in [0.4, 0.5) is 14.9 Å². The van der Waals surface area contributed by atoms with Crippen molar-refractivity contribution >= 4 is 17.6 Å². The smallest absolute Gasteiger partial charge is 0.322 e. The van der Waals surface area contributed by atoms with Gasteiger partial charge in [0.2, 0.25) is 5.91 Å². The number of fused-ring (bicyclic) bond motifs is 1. The SMILES string of the molecule is Cc1ccc(NC(=O)N2CCc3c(c(CCC(=O)N4CCCCC4)nn3C)C2)cc1F. The zero-order valence-electron chi connectivity index (χ0n) is 18.3. The summed E-state index contributed by atoms with van der Waals surface area (Å²) in [5, 5.41) is 7.44. The fourth-order valence-corrected chi connectivity index (χ4v) is 4.44. The predicted molar refractivity (Wildman–Crippen MR) is 116 cm³/mol. The second-order valence-electron chi connectivity index (χ2n) is 8.50. The fourth-order valence-electron chi connectivity index (χ4n) is 4.44. The number of nitrogens with one attached hydrogen (secondary N) is 1. The molecule has 8 heteroatoms. The third kappa shape index (κ3) is 4.73. The zero-order valence-corrected chi connectivity index (χ0v) is 18.3. The van der Waals surface area contributed by atoms with E-state index in [0.29, 0.717) is 43.6 Å². The Morgan fingerprint density at radius 1 is 1.13 bits per heavy atom. The topological polar surface area (TPSA) is 70.5 Å². The number of halogens is 1. The number of nitrogens with zero attached hydrogens (tertiary/aromatic N) is 4. The van der Waals surface area contributed by atoms with Gasteiger partial charge in [-0.1, -0.05) is 6.07 Å². The Morgan fingerprint density at radius 2 is 1.90 bits per heavy atom. The number of piperidine rings is 1. The van der Waals surface area contributed by atoms with Crippen LogP contribution in [0.2, 0.25) is 0 Å². The van der Waals surface area contributed by atoms with Gasteiger partial charge in [-0.3, -0.25) is 9.48 Å². The molecule has 7 nitrogen and oxygen atoms in total. The van der Waals surface area contributed by atoms with Crippen molar-refractivity contribution in [3.05, 3.63) is 46.5 Å². The predicted octanol–water partition coefficient (Wildman–Crippen LogP) is 3.40. The van der Waals surface area contributed by atoms with Gasteiger partial charge >= 0.3 is 6.03 Å². The third-order valence-electron chi connectivity index (χ3n) is 6.32. The minimum absolute atomic E-state index is 0.186. The van der Waals surface area contributed by atoms with E-state index in [0.717, 1.165) is 42.9 Å². The van der Waals surface area contributed by atoms with Gasteiger partial charge in [0.05, 0.1) is 12.2 Å². The first-order valence-electron chi connectivity index (χ1n) is 11.1. The van der Waals surface area contributed by atoms with E-state index in [1.165, 1.54) is 12.5 Å². The van der Waals surface area contributed by atoms with Gasteiger partial charge in [0.25, 0.3) is 0 Å². The number of carbonyl (C=O) groups excluding carboxylic acids is 2. The Morgan fingerprint density at radius 3 is 2.65 bits per heavy atom. The average Bonchev–Trinajstić information content (AvgIpc) is 3.10. The molecule has 3 amide bonds. The van der Waals surface area contributed by atoms with Gasteiger partial charge in [0.1, 0.15) is 5.82 Å². The van der Waals surface area contributed by atoms with Gasteiger partial charge in [-0.25, -0.2) is 9.18 Å². The lowest BCUT2D eigenvalue weighted by Crippen LogP contribution is -2.39. The fraction of sp³-hybridized carbons (Fsp3) is 0.522. The summed E-state index contributed by atoms with van der Waals surface area (Å²) in [6, 6.07) is 4.43. The van der Waals surface area contributed by atoms with Crippen molar-refractivity contribution < 1.29 is 14.0 Å². The maximum absolute atomic E-state index is 13.8. The minimum Gasteiger partial charge on any atom is -0.343 e. The van der Waals surface area contributed by atoms with Crippen molar-refractivity contribution in [1.29, 1.82) is 0 Å². The molecule has 1 aromatic heterocycles. The number of hydrogen-bond donors (Lipinski definition) is 1. The molecule has 0 bridgehead atoms. The maximum atomic E-state index is 13.8. The summed E-state index contributed by atoms with van der Waals surface area (Å²) in [6.07, 6.45) is 5.09. The van der Waals surface area contributed by atoms with Gasteiger partial charge in [0.15, 0.2) is 0 Å². The summed E-state index contributed by atoms with van der Waals surface area (Å²) >= 11 is 0. The summed E-state index contributed by atoms with van der Waals surface area (Å²) in [4.78, 5) is 29.0. The first-order valence-corrected chi connectivity index (χ1v) is 11.1. The molecular weight excluding hydrogens is 397 g/mol. The molecule has 166 valence electrons. The molecule has 4 rings (SSSR count). The highest BCUT2D eigenvalue weighted by atomic mass is 19.1. The van der Waals surface area contributed by atoms with Gasteiger partial charge in [0, 0.05) is 62.9 Å². The minimum atomic E-state index is -0.341. The lowest BCUT2D eigenvalue weighted by Gasteiger charge is -2.28. The Bertz CT molecular complexity index is 981. The number of hydrogen-bond acceptors (Lipinski definition) is 3. The zero-order chi connectivity index (χ0) is 22.0. The molecule has 2 aromatic rings. The second kappa shape index (κ2) is 9.08. The van der Waals surface area contributed by atoms with Crippen LogP contribution in [0.5, 0.6) is 0 Å². The molecule has 0 spiro atoms. The molecular formula is C23H30FN5O2. The van der Waals surface area contributed by atoms with Crippen LogP contribution in [0, 0.1) is 12.7 Å². The van der Waals surface area contributed by atoms with E-state index in [4.69, 9.17) is 0 Å². The number of rotatable bonds is 4.